The summed E-state index contributed by atoms with van der Waals surface area (Å²) in [5.41, 5.74) is 4.15. The van der Waals surface area contributed by atoms with Crippen molar-refractivity contribution in [2.45, 2.75) is 94.5 Å². The van der Waals surface area contributed by atoms with E-state index in [1.165, 1.54) is 29.5 Å². The number of alkyl halides is 2. The number of halogens is 2. The van der Waals surface area contributed by atoms with Crippen molar-refractivity contribution >= 4 is 23.2 Å². The van der Waals surface area contributed by atoms with Crippen LogP contribution in [0.3, 0.4) is 0 Å². The van der Waals surface area contributed by atoms with Gasteiger partial charge in [-0.15, -0.1) is 23.2 Å². The zero-order chi connectivity index (χ0) is 22.2. The first kappa shape index (κ1) is 24.6. The minimum Gasteiger partial charge on any atom is -0.298 e. The summed E-state index contributed by atoms with van der Waals surface area (Å²) < 4.78 is 0. The van der Waals surface area contributed by atoms with E-state index < -0.39 is 0 Å². The molecule has 0 bridgehead atoms. The fraction of sp³-hybridized carbons (Fsp3) is 0.571. The molecule has 3 unspecified atom stereocenters. The SMILES string of the molecule is CCC(CCc1ccc(C2C(Cl)CCCC2Cl)cc1)N(CCc1ccccc1)C(C)C. The molecule has 3 heteroatoms. The van der Waals surface area contributed by atoms with E-state index >= 15 is 0 Å². The number of aryl methyl sites for hydroxylation is 1. The minimum absolute atomic E-state index is 0.163. The number of hydrogen-bond donors (Lipinski definition) is 0. The van der Waals surface area contributed by atoms with Crippen LogP contribution in [0.15, 0.2) is 54.6 Å². The fourth-order valence-electron chi connectivity index (χ4n) is 5.12. The Labute approximate surface area is 200 Å². The topological polar surface area (TPSA) is 3.24 Å². The van der Waals surface area contributed by atoms with E-state index in [0.29, 0.717) is 12.1 Å². The highest BCUT2D eigenvalue weighted by Gasteiger charge is 2.32. The van der Waals surface area contributed by atoms with E-state index in [2.05, 4.69) is 80.3 Å². The zero-order valence-corrected chi connectivity index (χ0v) is 21.0. The van der Waals surface area contributed by atoms with Crippen LogP contribution < -0.4 is 0 Å². The lowest BCUT2D eigenvalue weighted by molar-refractivity contribution is 0.143. The van der Waals surface area contributed by atoms with Crippen molar-refractivity contribution in [3.8, 4) is 0 Å². The molecule has 2 aromatic rings. The van der Waals surface area contributed by atoms with Gasteiger partial charge in [0, 0.05) is 35.3 Å². The van der Waals surface area contributed by atoms with Crippen molar-refractivity contribution in [3.63, 3.8) is 0 Å². The third kappa shape index (κ3) is 6.98. The molecule has 0 aliphatic heterocycles. The molecular weight excluding hydrogens is 421 g/mol. The number of benzene rings is 2. The van der Waals surface area contributed by atoms with Gasteiger partial charge in [0.15, 0.2) is 0 Å². The molecule has 2 aromatic carbocycles. The predicted molar refractivity (Wildman–Crippen MR) is 137 cm³/mol. The fourth-order valence-corrected chi connectivity index (χ4v) is 6.15. The highest BCUT2D eigenvalue weighted by molar-refractivity contribution is 6.24. The molecule has 0 heterocycles. The molecule has 3 atom stereocenters. The van der Waals surface area contributed by atoms with Gasteiger partial charge in [-0.1, -0.05) is 67.9 Å². The average molecular weight is 461 g/mol. The Hall–Kier alpha value is -1.02. The van der Waals surface area contributed by atoms with Crippen molar-refractivity contribution < 1.29 is 0 Å². The molecule has 1 aliphatic rings. The lowest BCUT2D eigenvalue weighted by Crippen LogP contribution is -2.41. The summed E-state index contributed by atoms with van der Waals surface area (Å²) >= 11 is 13.2. The smallest absolute Gasteiger partial charge is 0.0418 e. The Balaban J connectivity index is 1.58. The van der Waals surface area contributed by atoms with Gasteiger partial charge in [0.1, 0.15) is 0 Å². The van der Waals surface area contributed by atoms with E-state index in [1.54, 1.807) is 0 Å². The Morgan fingerprint density at radius 1 is 0.871 bits per heavy atom. The van der Waals surface area contributed by atoms with Gasteiger partial charge in [-0.05, 0) is 69.1 Å². The van der Waals surface area contributed by atoms with Crippen LogP contribution in [0, 0.1) is 0 Å². The van der Waals surface area contributed by atoms with Gasteiger partial charge in [-0.25, -0.2) is 0 Å². The lowest BCUT2D eigenvalue weighted by Gasteiger charge is -2.35. The summed E-state index contributed by atoms with van der Waals surface area (Å²) in [5.74, 6) is 0.281. The maximum absolute atomic E-state index is 6.62. The molecule has 1 aliphatic carbocycles. The average Bonchev–Trinajstić information content (AvgIpc) is 2.77. The second-order valence-corrected chi connectivity index (χ2v) is 10.5. The second-order valence-electron chi connectivity index (χ2n) is 9.40. The van der Waals surface area contributed by atoms with Crippen LogP contribution in [-0.4, -0.2) is 34.3 Å². The van der Waals surface area contributed by atoms with Crippen LogP contribution in [-0.2, 0) is 12.8 Å². The Morgan fingerprint density at radius 3 is 2.06 bits per heavy atom. The van der Waals surface area contributed by atoms with E-state index in [0.717, 1.165) is 38.6 Å². The molecule has 0 spiro atoms. The molecule has 31 heavy (non-hydrogen) atoms. The van der Waals surface area contributed by atoms with Gasteiger partial charge in [0.2, 0.25) is 0 Å². The molecule has 0 N–H and O–H groups in total. The number of rotatable bonds is 10. The monoisotopic (exact) mass is 459 g/mol. The molecule has 0 aromatic heterocycles. The third-order valence-electron chi connectivity index (χ3n) is 6.98. The van der Waals surface area contributed by atoms with Gasteiger partial charge < -0.3 is 0 Å². The van der Waals surface area contributed by atoms with Crippen LogP contribution in [0.4, 0.5) is 0 Å². The molecule has 3 rings (SSSR count). The largest absolute Gasteiger partial charge is 0.298 e. The van der Waals surface area contributed by atoms with Crippen molar-refractivity contribution in [2.75, 3.05) is 6.54 Å². The summed E-state index contributed by atoms with van der Waals surface area (Å²) in [4.78, 5) is 2.69. The standard InChI is InChI=1S/C28H39Cl2N/c1-4-25(31(21(2)3)20-19-22-9-6-5-7-10-22)18-15-23-13-16-24(17-14-23)28-26(29)11-8-12-27(28)30/h5-7,9-10,13-14,16-17,21,25-28H,4,8,11-12,15,18-20H2,1-3H3. The number of hydrogen-bond acceptors (Lipinski definition) is 1. The lowest BCUT2D eigenvalue weighted by atomic mass is 9.83. The van der Waals surface area contributed by atoms with Crippen LogP contribution in [0.1, 0.15) is 75.5 Å². The third-order valence-corrected chi connectivity index (χ3v) is 7.95. The van der Waals surface area contributed by atoms with E-state index in [-0.39, 0.29) is 16.7 Å². The first-order valence-corrected chi connectivity index (χ1v) is 13.0. The predicted octanol–water partition coefficient (Wildman–Crippen LogP) is 7.83. The Bertz CT molecular complexity index is 748. The Morgan fingerprint density at radius 2 is 1.48 bits per heavy atom. The highest BCUT2D eigenvalue weighted by atomic mass is 35.5. The molecule has 170 valence electrons. The molecule has 1 fully saturated rings. The summed E-state index contributed by atoms with van der Waals surface area (Å²) in [5, 5.41) is 0.326. The minimum atomic E-state index is 0.163. The zero-order valence-electron chi connectivity index (χ0n) is 19.4. The molecule has 0 radical (unpaired) electrons. The summed E-state index contributed by atoms with van der Waals surface area (Å²) in [6.45, 7) is 8.11. The molecular formula is C28H39Cl2N. The molecule has 1 nitrogen and oxygen atoms in total. The Kier molecular flexibility index (Phi) is 9.75. The van der Waals surface area contributed by atoms with Crippen molar-refractivity contribution in [1.82, 2.24) is 4.90 Å². The first-order chi connectivity index (χ1) is 15.0. The van der Waals surface area contributed by atoms with Crippen molar-refractivity contribution in [1.29, 1.82) is 0 Å². The van der Waals surface area contributed by atoms with Crippen LogP contribution in [0.5, 0.6) is 0 Å². The van der Waals surface area contributed by atoms with Crippen LogP contribution in [0.2, 0.25) is 0 Å². The van der Waals surface area contributed by atoms with Gasteiger partial charge in [-0.3, -0.25) is 4.90 Å². The summed E-state index contributed by atoms with van der Waals surface area (Å²) in [6, 6.07) is 21.2. The molecule has 0 saturated heterocycles. The number of nitrogens with zero attached hydrogens (tertiary/aromatic N) is 1. The highest BCUT2D eigenvalue weighted by Crippen LogP contribution is 2.39. The van der Waals surface area contributed by atoms with Gasteiger partial charge in [0.25, 0.3) is 0 Å². The normalized spacial score (nSPS) is 22.7. The van der Waals surface area contributed by atoms with E-state index in [4.69, 9.17) is 23.2 Å². The molecule has 1 saturated carbocycles. The first-order valence-electron chi connectivity index (χ1n) is 12.2. The van der Waals surface area contributed by atoms with Crippen molar-refractivity contribution in [2.24, 2.45) is 0 Å². The van der Waals surface area contributed by atoms with Gasteiger partial charge in [-0.2, -0.15) is 0 Å². The van der Waals surface area contributed by atoms with Gasteiger partial charge in [0.05, 0.1) is 0 Å². The molecule has 0 amide bonds. The van der Waals surface area contributed by atoms with E-state index in [9.17, 15) is 0 Å². The van der Waals surface area contributed by atoms with Gasteiger partial charge >= 0.3 is 0 Å². The quantitative estimate of drug-likeness (QED) is 0.327. The van der Waals surface area contributed by atoms with Crippen LogP contribution >= 0.6 is 23.2 Å². The summed E-state index contributed by atoms with van der Waals surface area (Å²) in [6.07, 6.45) is 7.91. The second kappa shape index (κ2) is 12.3. The van der Waals surface area contributed by atoms with Crippen molar-refractivity contribution in [3.05, 3.63) is 71.3 Å². The van der Waals surface area contributed by atoms with E-state index in [1.807, 2.05) is 0 Å². The maximum atomic E-state index is 6.62. The summed E-state index contributed by atoms with van der Waals surface area (Å²) in [7, 11) is 0. The maximum Gasteiger partial charge on any atom is 0.0418 e. The van der Waals surface area contributed by atoms with Crippen LogP contribution in [0.25, 0.3) is 0 Å².